The van der Waals surface area contributed by atoms with E-state index < -0.39 is 0 Å². The molecule has 2 rings (SSSR count). The van der Waals surface area contributed by atoms with Crippen molar-refractivity contribution in [2.45, 2.75) is 13.8 Å². The van der Waals surface area contributed by atoms with Gasteiger partial charge in [-0.3, -0.25) is 10.2 Å². The summed E-state index contributed by atoms with van der Waals surface area (Å²) < 4.78 is 10.2. The van der Waals surface area contributed by atoms with Gasteiger partial charge in [-0.2, -0.15) is 0 Å². The first-order valence-corrected chi connectivity index (χ1v) is 5.33. The van der Waals surface area contributed by atoms with Crippen molar-refractivity contribution >= 4 is 11.6 Å². The topological polar surface area (TPSA) is 71.6 Å². The number of anilines is 1. The van der Waals surface area contributed by atoms with Gasteiger partial charge in [0.15, 0.2) is 11.5 Å². The lowest BCUT2D eigenvalue weighted by molar-refractivity contribution is 0.0931. The molecule has 1 aliphatic heterocycles. The number of ether oxygens (including phenoxy) is 2. The number of nitrogens with one attached hydrogen (secondary N) is 3. The molecular formula is C11H17N3O3. The zero-order valence-corrected chi connectivity index (χ0v) is 10.4. The molecule has 94 valence electrons. The normalized spacial score (nSPS) is 12.4. The maximum atomic E-state index is 11.4. The van der Waals surface area contributed by atoms with Crippen LogP contribution in [-0.2, 0) is 0 Å². The highest BCUT2D eigenvalue weighted by molar-refractivity contribution is 6.01. The minimum absolute atomic E-state index is 0.218. The fourth-order valence-electron chi connectivity index (χ4n) is 1.39. The molecule has 1 aliphatic rings. The van der Waals surface area contributed by atoms with Gasteiger partial charge < -0.3 is 14.9 Å². The molecule has 6 nitrogen and oxygen atoms in total. The van der Waals surface area contributed by atoms with Crippen molar-refractivity contribution in [1.29, 1.82) is 0 Å². The smallest absolute Gasteiger partial charge is 0.269 e. The molecule has 0 radical (unpaired) electrons. The number of fused-ring (bicyclic) bond motifs is 1. The minimum Gasteiger partial charge on any atom is -0.493 e. The predicted octanol–water partition coefficient (Wildman–Crippen LogP) is 1.30. The average molecular weight is 239 g/mol. The molecule has 1 aromatic rings. The van der Waals surface area contributed by atoms with Crippen LogP contribution >= 0.6 is 0 Å². The number of carbonyl (C=O) groups is 1. The summed E-state index contributed by atoms with van der Waals surface area (Å²) in [6.07, 6.45) is 0. The average Bonchev–Trinajstić information content (AvgIpc) is 2.40. The molecule has 0 aromatic heterocycles. The van der Waals surface area contributed by atoms with E-state index in [1.54, 1.807) is 19.2 Å². The second-order valence-corrected chi connectivity index (χ2v) is 2.96. The van der Waals surface area contributed by atoms with Crippen molar-refractivity contribution in [2.75, 3.05) is 19.6 Å². The molecule has 17 heavy (non-hydrogen) atoms. The highest BCUT2D eigenvalue weighted by atomic mass is 16.5. The third-order valence-electron chi connectivity index (χ3n) is 2.14. The molecule has 0 atom stereocenters. The molecule has 3 N–H and O–H groups in total. The first kappa shape index (κ1) is 13.1. The minimum atomic E-state index is -0.218. The molecule has 0 unspecified atom stereocenters. The standard InChI is InChI=1S/C9H11N3O3.C2H6/c1-14-7-3-5-6(4-8(7)15-2)10-12-11-9(5)13;1-2/h3-4,10,12H,1-2H3,(H,11,13);1-2H3. The van der Waals surface area contributed by atoms with E-state index in [-0.39, 0.29) is 5.91 Å². The van der Waals surface area contributed by atoms with Gasteiger partial charge in [-0.15, -0.1) is 5.53 Å². The van der Waals surface area contributed by atoms with Crippen LogP contribution in [0.25, 0.3) is 0 Å². The van der Waals surface area contributed by atoms with E-state index >= 15 is 0 Å². The number of methoxy groups -OCH3 is 2. The van der Waals surface area contributed by atoms with Crippen LogP contribution in [0.2, 0.25) is 0 Å². The van der Waals surface area contributed by atoms with Gasteiger partial charge in [-0.05, 0) is 6.07 Å². The van der Waals surface area contributed by atoms with E-state index in [0.717, 1.165) is 0 Å². The van der Waals surface area contributed by atoms with Crippen LogP contribution in [0.3, 0.4) is 0 Å². The summed E-state index contributed by atoms with van der Waals surface area (Å²) in [6.45, 7) is 4.00. The van der Waals surface area contributed by atoms with Gasteiger partial charge in [0.25, 0.3) is 5.91 Å². The van der Waals surface area contributed by atoms with E-state index in [0.29, 0.717) is 22.7 Å². The van der Waals surface area contributed by atoms with Crippen molar-refractivity contribution < 1.29 is 14.3 Å². The van der Waals surface area contributed by atoms with E-state index in [4.69, 9.17) is 9.47 Å². The third kappa shape index (κ3) is 2.59. The van der Waals surface area contributed by atoms with Gasteiger partial charge in [0.05, 0.1) is 25.5 Å². The summed E-state index contributed by atoms with van der Waals surface area (Å²) in [5.41, 5.74) is 8.92. The maximum Gasteiger partial charge on any atom is 0.269 e. The van der Waals surface area contributed by atoms with Crippen LogP contribution < -0.4 is 25.9 Å². The van der Waals surface area contributed by atoms with Gasteiger partial charge in [-0.25, -0.2) is 0 Å². The van der Waals surface area contributed by atoms with E-state index in [1.807, 2.05) is 13.8 Å². The van der Waals surface area contributed by atoms with Crippen LogP contribution in [0.4, 0.5) is 5.69 Å². The molecule has 1 amide bonds. The predicted molar refractivity (Wildman–Crippen MR) is 65.1 cm³/mol. The Labute approximate surface area is 100 Å². The van der Waals surface area contributed by atoms with Crippen molar-refractivity contribution in [3.05, 3.63) is 17.7 Å². The number of hydrogen-bond acceptors (Lipinski definition) is 5. The van der Waals surface area contributed by atoms with Crippen molar-refractivity contribution in [3.63, 3.8) is 0 Å². The van der Waals surface area contributed by atoms with Crippen molar-refractivity contribution in [1.82, 2.24) is 11.0 Å². The lowest BCUT2D eigenvalue weighted by Gasteiger charge is -2.20. The Morgan fingerprint density at radius 1 is 1.00 bits per heavy atom. The fourth-order valence-corrected chi connectivity index (χ4v) is 1.39. The Morgan fingerprint density at radius 2 is 1.59 bits per heavy atom. The second kappa shape index (κ2) is 5.95. The van der Waals surface area contributed by atoms with Crippen LogP contribution in [0, 0.1) is 0 Å². The monoisotopic (exact) mass is 239 g/mol. The molecule has 0 aliphatic carbocycles. The van der Waals surface area contributed by atoms with E-state index in [2.05, 4.69) is 16.4 Å². The molecule has 0 saturated heterocycles. The summed E-state index contributed by atoms with van der Waals surface area (Å²) in [4.78, 5) is 11.4. The number of rotatable bonds is 2. The molecule has 1 heterocycles. The number of amides is 1. The lowest BCUT2D eigenvalue weighted by atomic mass is 10.1. The van der Waals surface area contributed by atoms with Gasteiger partial charge >= 0.3 is 0 Å². The van der Waals surface area contributed by atoms with E-state index in [1.165, 1.54) is 7.11 Å². The van der Waals surface area contributed by atoms with Crippen molar-refractivity contribution in [2.24, 2.45) is 0 Å². The highest BCUT2D eigenvalue weighted by Crippen LogP contribution is 2.33. The Morgan fingerprint density at radius 3 is 2.18 bits per heavy atom. The largest absolute Gasteiger partial charge is 0.493 e. The number of hydrogen-bond donors (Lipinski definition) is 3. The molecule has 0 bridgehead atoms. The Bertz CT molecular complexity index is 407. The van der Waals surface area contributed by atoms with Crippen molar-refractivity contribution in [3.8, 4) is 11.5 Å². The first-order valence-electron chi connectivity index (χ1n) is 5.33. The molecule has 0 spiro atoms. The maximum absolute atomic E-state index is 11.4. The molecule has 0 fully saturated rings. The van der Waals surface area contributed by atoms with Crippen LogP contribution in [0.1, 0.15) is 24.2 Å². The molecule has 1 aromatic carbocycles. The highest BCUT2D eigenvalue weighted by Gasteiger charge is 2.19. The molecule has 6 heteroatoms. The zero-order valence-electron chi connectivity index (χ0n) is 10.4. The summed E-state index contributed by atoms with van der Waals surface area (Å²) >= 11 is 0. The Kier molecular flexibility index (Phi) is 4.59. The number of carbonyl (C=O) groups excluding carboxylic acids is 1. The van der Waals surface area contributed by atoms with Gasteiger partial charge in [0, 0.05) is 6.07 Å². The number of benzene rings is 1. The SMILES string of the molecule is CC.COc1cc2c(cc1OC)C(=O)NNN2. The lowest BCUT2D eigenvalue weighted by Crippen LogP contribution is -2.45. The number of hydrazine groups is 2. The quantitative estimate of drug-likeness (QED) is 0.725. The fraction of sp³-hybridized carbons (Fsp3) is 0.364. The summed E-state index contributed by atoms with van der Waals surface area (Å²) in [6, 6.07) is 3.32. The van der Waals surface area contributed by atoms with Crippen LogP contribution in [0.15, 0.2) is 12.1 Å². The molecule has 0 saturated carbocycles. The second-order valence-electron chi connectivity index (χ2n) is 2.96. The zero-order chi connectivity index (χ0) is 12.8. The van der Waals surface area contributed by atoms with Gasteiger partial charge in [0.2, 0.25) is 0 Å². The summed E-state index contributed by atoms with van der Waals surface area (Å²) in [5.74, 6) is 0.875. The Hall–Kier alpha value is -1.95. The van der Waals surface area contributed by atoms with Crippen LogP contribution in [-0.4, -0.2) is 20.1 Å². The van der Waals surface area contributed by atoms with E-state index in [9.17, 15) is 4.79 Å². The summed E-state index contributed by atoms with van der Waals surface area (Å²) in [5, 5.41) is 0. The summed E-state index contributed by atoms with van der Waals surface area (Å²) in [7, 11) is 3.07. The molecular weight excluding hydrogens is 222 g/mol. The van der Waals surface area contributed by atoms with Gasteiger partial charge in [-0.1, -0.05) is 13.8 Å². The first-order chi connectivity index (χ1) is 8.26. The third-order valence-corrected chi connectivity index (χ3v) is 2.14. The Balaban J connectivity index is 0.000000686. The van der Waals surface area contributed by atoms with Crippen LogP contribution in [0.5, 0.6) is 11.5 Å². The van der Waals surface area contributed by atoms with Gasteiger partial charge in [0.1, 0.15) is 0 Å².